The van der Waals surface area contributed by atoms with Gasteiger partial charge in [-0.3, -0.25) is 0 Å². The van der Waals surface area contributed by atoms with Crippen LogP contribution in [0.3, 0.4) is 0 Å². The number of halogens is 3. The lowest BCUT2D eigenvalue weighted by atomic mass is 10.00. The first-order valence-electron chi connectivity index (χ1n) is 5.85. The molecule has 4 heteroatoms. The quantitative estimate of drug-likeness (QED) is 0.894. The third-order valence-electron chi connectivity index (χ3n) is 2.93. The molecule has 2 rings (SSSR count). The van der Waals surface area contributed by atoms with Gasteiger partial charge in [0.05, 0.1) is 6.10 Å². The maximum Gasteiger partial charge on any atom is 0.126 e. The number of aliphatic hydroxyl groups is 1. The van der Waals surface area contributed by atoms with E-state index in [1.807, 2.05) is 13.0 Å². The van der Waals surface area contributed by atoms with Gasteiger partial charge in [0.15, 0.2) is 0 Å². The van der Waals surface area contributed by atoms with E-state index in [-0.39, 0.29) is 6.42 Å². The van der Waals surface area contributed by atoms with Gasteiger partial charge in [0.25, 0.3) is 0 Å². The van der Waals surface area contributed by atoms with Crippen molar-refractivity contribution in [1.29, 1.82) is 0 Å². The van der Waals surface area contributed by atoms with Crippen molar-refractivity contribution in [3.05, 3.63) is 69.7 Å². The van der Waals surface area contributed by atoms with Crippen LogP contribution in [0.25, 0.3) is 0 Å². The molecule has 0 aromatic heterocycles. The lowest BCUT2D eigenvalue weighted by Gasteiger charge is -2.14. The summed E-state index contributed by atoms with van der Waals surface area (Å²) in [7, 11) is 0. The van der Waals surface area contributed by atoms with Gasteiger partial charge in [-0.05, 0) is 35.7 Å². The molecule has 1 nitrogen and oxygen atoms in total. The number of aliphatic hydroxyl groups excluding tert-OH is 1. The first-order valence-corrected chi connectivity index (χ1v) is 6.23. The Balaban J connectivity index is 2.25. The van der Waals surface area contributed by atoms with Gasteiger partial charge in [0, 0.05) is 17.5 Å². The standard InChI is InChI=1S/C15H13ClF2O/c1-9-3-2-4-13(15(9)16)14(19)7-10-5-11(17)8-12(18)6-10/h2-6,8,14,19H,7H2,1H3. The summed E-state index contributed by atoms with van der Waals surface area (Å²) in [5.74, 6) is -1.31. The third kappa shape index (κ3) is 3.31. The van der Waals surface area contributed by atoms with E-state index in [0.717, 1.165) is 11.6 Å². The SMILES string of the molecule is Cc1cccc(C(O)Cc2cc(F)cc(F)c2)c1Cl. The summed E-state index contributed by atoms with van der Waals surface area (Å²) in [5.41, 5.74) is 1.80. The van der Waals surface area contributed by atoms with Crippen molar-refractivity contribution in [1.82, 2.24) is 0 Å². The van der Waals surface area contributed by atoms with Gasteiger partial charge < -0.3 is 5.11 Å². The second-order valence-corrected chi connectivity index (χ2v) is 4.85. The van der Waals surface area contributed by atoms with Crippen molar-refractivity contribution in [3.63, 3.8) is 0 Å². The molecule has 19 heavy (non-hydrogen) atoms. The Labute approximate surface area is 115 Å². The van der Waals surface area contributed by atoms with Crippen molar-refractivity contribution in [2.75, 3.05) is 0 Å². The summed E-state index contributed by atoms with van der Waals surface area (Å²) in [5, 5.41) is 10.6. The van der Waals surface area contributed by atoms with Crippen LogP contribution in [0.15, 0.2) is 36.4 Å². The number of aryl methyl sites for hydroxylation is 1. The normalized spacial score (nSPS) is 12.5. The van der Waals surface area contributed by atoms with Crippen LogP contribution in [0.5, 0.6) is 0 Å². The van der Waals surface area contributed by atoms with Crippen molar-refractivity contribution in [2.45, 2.75) is 19.4 Å². The van der Waals surface area contributed by atoms with E-state index in [4.69, 9.17) is 11.6 Å². The topological polar surface area (TPSA) is 20.2 Å². The molecule has 0 saturated heterocycles. The molecule has 1 atom stereocenters. The molecule has 2 aromatic carbocycles. The maximum absolute atomic E-state index is 13.1. The summed E-state index contributed by atoms with van der Waals surface area (Å²) in [6.07, 6.45) is -0.786. The highest BCUT2D eigenvalue weighted by Gasteiger charge is 2.14. The van der Waals surface area contributed by atoms with Crippen molar-refractivity contribution in [3.8, 4) is 0 Å². The zero-order valence-electron chi connectivity index (χ0n) is 10.3. The van der Waals surface area contributed by atoms with Gasteiger partial charge in [-0.15, -0.1) is 0 Å². The Bertz CT molecular complexity index is 578. The fraction of sp³-hybridized carbons (Fsp3) is 0.200. The second-order valence-electron chi connectivity index (χ2n) is 4.48. The summed E-state index contributed by atoms with van der Waals surface area (Å²) in [4.78, 5) is 0. The molecule has 1 N–H and O–H groups in total. The number of benzene rings is 2. The highest BCUT2D eigenvalue weighted by molar-refractivity contribution is 6.32. The highest BCUT2D eigenvalue weighted by Crippen LogP contribution is 2.28. The number of hydrogen-bond donors (Lipinski definition) is 1. The maximum atomic E-state index is 13.1. The zero-order valence-corrected chi connectivity index (χ0v) is 11.1. The van der Waals surface area contributed by atoms with Crippen molar-refractivity contribution >= 4 is 11.6 Å². The van der Waals surface area contributed by atoms with Gasteiger partial charge in [-0.1, -0.05) is 29.8 Å². The molecule has 1 unspecified atom stereocenters. The smallest absolute Gasteiger partial charge is 0.126 e. The molecule has 0 aliphatic carbocycles. The van der Waals surface area contributed by atoms with E-state index in [2.05, 4.69) is 0 Å². The van der Waals surface area contributed by atoms with Gasteiger partial charge in [0.2, 0.25) is 0 Å². The second kappa shape index (κ2) is 5.68. The summed E-state index contributed by atoms with van der Waals surface area (Å²) < 4.78 is 26.2. The Hall–Kier alpha value is -1.45. The van der Waals surface area contributed by atoms with Gasteiger partial charge >= 0.3 is 0 Å². The molecule has 0 aliphatic heterocycles. The molecule has 0 saturated carbocycles. The van der Waals surface area contributed by atoms with Gasteiger partial charge in [0.1, 0.15) is 11.6 Å². The Morgan fingerprint density at radius 2 is 1.79 bits per heavy atom. The third-order valence-corrected chi connectivity index (χ3v) is 3.45. The van der Waals surface area contributed by atoms with E-state index < -0.39 is 17.7 Å². The molecule has 0 heterocycles. The molecule has 100 valence electrons. The molecule has 2 aromatic rings. The predicted octanol–water partition coefficient (Wildman–Crippen LogP) is 4.20. The minimum atomic E-state index is -0.895. The van der Waals surface area contributed by atoms with Crippen LogP contribution in [0.1, 0.15) is 22.8 Å². The predicted molar refractivity (Wildman–Crippen MR) is 71.2 cm³/mol. The van der Waals surface area contributed by atoms with Crippen LogP contribution in [-0.2, 0) is 6.42 Å². The first-order chi connectivity index (χ1) is 8.97. The summed E-state index contributed by atoms with van der Waals surface area (Å²) in [6.45, 7) is 1.83. The van der Waals surface area contributed by atoms with Crippen LogP contribution in [0.2, 0.25) is 5.02 Å². The fourth-order valence-corrected chi connectivity index (χ4v) is 2.24. The highest BCUT2D eigenvalue weighted by atomic mass is 35.5. The van der Waals surface area contributed by atoms with Crippen molar-refractivity contribution < 1.29 is 13.9 Å². The minimum absolute atomic E-state index is 0.109. The molecule has 0 radical (unpaired) electrons. The number of rotatable bonds is 3. The van der Waals surface area contributed by atoms with Crippen LogP contribution < -0.4 is 0 Å². The first kappa shape index (κ1) is 14.0. The molecule has 0 amide bonds. The van der Waals surface area contributed by atoms with E-state index in [9.17, 15) is 13.9 Å². The average molecular weight is 283 g/mol. The van der Waals surface area contributed by atoms with Crippen LogP contribution >= 0.6 is 11.6 Å². The van der Waals surface area contributed by atoms with Gasteiger partial charge in [-0.2, -0.15) is 0 Å². The van der Waals surface area contributed by atoms with E-state index in [1.54, 1.807) is 12.1 Å². The molecule has 0 fully saturated rings. The largest absolute Gasteiger partial charge is 0.388 e. The molecular weight excluding hydrogens is 270 g/mol. The fourth-order valence-electron chi connectivity index (χ4n) is 1.99. The Morgan fingerprint density at radius 1 is 1.16 bits per heavy atom. The van der Waals surface area contributed by atoms with E-state index >= 15 is 0 Å². The summed E-state index contributed by atoms with van der Waals surface area (Å²) in [6, 6.07) is 8.53. The van der Waals surface area contributed by atoms with Crippen molar-refractivity contribution in [2.24, 2.45) is 0 Å². The van der Waals surface area contributed by atoms with Crippen LogP contribution in [-0.4, -0.2) is 5.11 Å². The van der Waals surface area contributed by atoms with Gasteiger partial charge in [-0.25, -0.2) is 8.78 Å². The lowest BCUT2D eigenvalue weighted by Crippen LogP contribution is -2.04. The molecule has 0 aliphatic rings. The molecule has 0 spiro atoms. The monoisotopic (exact) mass is 282 g/mol. The average Bonchev–Trinajstić information content (AvgIpc) is 2.31. The Morgan fingerprint density at radius 3 is 2.42 bits per heavy atom. The zero-order chi connectivity index (χ0) is 14.0. The lowest BCUT2D eigenvalue weighted by molar-refractivity contribution is 0.178. The number of hydrogen-bond acceptors (Lipinski definition) is 1. The van der Waals surface area contributed by atoms with E-state index in [1.165, 1.54) is 12.1 Å². The van der Waals surface area contributed by atoms with Crippen LogP contribution in [0, 0.1) is 18.6 Å². The van der Waals surface area contributed by atoms with Crippen LogP contribution in [0.4, 0.5) is 8.78 Å². The minimum Gasteiger partial charge on any atom is -0.388 e. The molecular formula is C15H13ClF2O. The Kier molecular flexibility index (Phi) is 4.17. The molecule has 0 bridgehead atoms. The summed E-state index contributed by atoms with van der Waals surface area (Å²) >= 11 is 6.11. The van der Waals surface area contributed by atoms with E-state index in [0.29, 0.717) is 16.1 Å².